The molecule has 2 aromatic rings. The van der Waals surface area contributed by atoms with Crippen molar-refractivity contribution in [3.05, 3.63) is 77.9 Å². The number of aliphatic imine (C=N–C) groups is 1. The van der Waals surface area contributed by atoms with Gasteiger partial charge >= 0.3 is 0 Å². The zero-order chi connectivity index (χ0) is 21.2. The van der Waals surface area contributed by atoms with Crippen LogP contribution in [-0.2, 0) is 13.1 Å². The van der Waals surface area contributed by atoms with Crippen LogP contribution < -0.4 is 15.5 Å². The molecule has 168 valence electrons. The molecule has 6 heteroatoms. The number of guanidine groups is 1. The molecule has 0 amide bonds. The van der Waals surface area contributed by atoms with Crippen molar-refractivity contribution in [3.63, 3.8) is 0 Å². The van der Waals surface area contributed by atoms with E-state index in [-0.39, 0.29) is 24.0 Å². The molecule has 0 fully saturated rings. The second-order valence-corrected chi connectivity index (χ2v) is 7.93. The number of rotatable bonds is 9. The number of halogens is 1. The Balaban J connectivity index is 0.00000341. The fourth-order valence-corrected chi connectivity index (χ4v) is 3.57. The number of hydrogen-bond acceptors (Lipinski definition) is 3. The van der Waals surface area contributed by atoms with E-state index in [1.54, 1.807) is 0 Å². The molecule has 3 rings (SSSR count). The molecule has 0 saturated carbocycles. The van der Waals surface area contributed by atoms with Gasteiger partial charge in [0.1, 0.15) is 0 Å². The number of benzene rings is 2. The Kier molecular flexibility index (Phi) is 10.9. The molecule has 0 radical (unpaired) electrons. The molecular formula is C25H36IN5. The van der Waals surface area contributed by atoms with Gasteiger partial charge in [0, 0.05) is 51.5 Å². The SMILES string of the molecule is CN=C(NCCC(C)N(C)Cc1ccccc1)NCc1ccc(N2CC=CC2)cc1.I. The van der Waals surface area contributed by atoms with Crippen LogP contribution in [0.25, 0.3) is 0 Å². The first-order valence-electron chi connectivity index (χ1n) is 10.8. The third kappa shape index (κ3) is 8.18. The lowest BCUT2D eigenvalue weighted by Crippen LogP contribution is -2.39. The average molecular weight is 534 g/mol. The summed E-state index contributed by atoms with van der Waals surface area (Å²) in [6, 6.07) is 19.9. The number of nitrogens with zero attached hydrogens (tertiary/aromatic N) is 3. The van der Waals surface area contributed by atoms with E-state index in [9.17, 15) is 0 Å². The van der Waals surface area contributed by atoms with E-state index in [1.165, 1.54) is 16.8 Å². The first-order valence-corrected chi connectivity index (χ1v) is 10.8. The van der Waals surface area contributed by atoms with E-state index in [4.69, 9.17) is 0 Å². The molecule has 0 saturated heterocycles. The van der Waals surface area contributed by atoms with Crippen molar-refractivity contribution in [1.82, 2.24) is 15.5 Å². The number of hydrogen-bond donors (Lipinski definition) is 2. The molecule has 0 aliphatic carbocycles. The van der Waals surface area contributed by atoms with Gasteiger partial charge in [-0.15, -0.1) is 24.0 Å². The summed E-state index contributed by atoms with van der Waals surface area (Å²) >= 11 is 0. The van der Waals surface area contributed by atoms with E-state index in [1.807, 2.05) is 7.05 Å². The highest BCUT2D eigenvalue weighted by molar-refractivity contribution is 14.0. The van der Waals surface area contributed by atoms with Gasteiger partial charge < -0.3 is 15.5 Å². The lowest BCUT2D eigenvalue weighted by atomic mass is 10.1. The summed E-state index contributed by atoms with van der Waals surface area (Å²) in [6.45, 7) is 6.92. The Labute approximate surface area is 204 Å². The number of anilines is 1. The molecular weight excluding hydrogens is 497 g/mol. The predicted molar refractivity (Wildman–Crippen MR) is 143 cm³/mol. The maximum atomic E-state index is 4.36. The van der Waals surface area contributed by atoms with Gasteiger partial charge in [0.15, 0.2) is 5.96 Å². The molecule has 0 spiro atoms. The molecule has 1 aliphatic heterocycles. The van der Waals surface area contributed by atoms with Gasteiger partial charge in [0.25, 0.3) is 0 Å². The van der Waals surface area contributed by atoms with Gasteiger partial charge in [-0.25, -0.2) is 0 Å². The van der Waals surface area contributed by atoms with Crippen molar-refractivity contribution in [3.8, 4) is 0 Å². The Morgan fingerprint density at radius 1 is 1.00 bits per heavy atom. The van der Waals surface area contributed by atoms with Gasteiger partial charge in [-0.3, -0.25) is 9.89 Å². The van der Waals surface area contributed by atoms with Crippen LogP contribution in [0.5, 0.6) is 0 Å². The van der Waals surface area contributed by atoms with Crippen molar-refractivity contribution in [1.29, 1.82) is 0 Å². The normalized spacial score (nSPS) is 14.5. The van der Waals surface area contributed by atoms with Crippen LogP contribution in [-0.4, -0.2) is 50.6 Å². The highest BCUT2D eigenvalue weighted by atomic mass is 127. The Morgan fingerprint density at radius 3 is 2.32 bits per heavy atom. The van der Waals surface area contributed by atoms with Crippen LogP contribution >= 0.6 is 24.0 Å². The minimum Gasteiger partial charge on any atom is -0.364 e. The van der Waals surface area contributed by atoms with Crippen LogP contribution in [0.1, 0.15) is 24.5 Å². The van der Waals surface area contributed by atoms with Crippen LogP contribution in [0, 0.1) is 0 Å². The largest absolute Gasteiger partial charge is 0.364 e. The molecule has 0 aromatic heterocycles. The molecule has 1 atom stereocenters. The average Bonchev–Trinajstić information content (AvgIpc) is 3.32. The number of nitrogens with one attached hydrogen (secondary N) is 2. The molecule has 2 aromatic carbocycles. The van der Waals surface area contributed by atoms with Gasteiger partial charge in [0.05, 0.1) is 0 Å². The smallest absolute Gasteiger partial charge is 0.191 e. The summed E-state index contributed by atoms with van der Waals surface area (Å²) < 4.78 is 0. The van der Waals surface area contributed by atoms with Crippen molar-refractivity contribution >= 4 is 35.6 Å². The van der Waals surface area contributed by atoms with Gasteiger partial charge in [-0.1, -0.05) is 54.6 Å². The third-order valence-electron chi connectivity index (χ3n) is 5.69. The first kappa shape index (κ1) is 25.2. The van der Waals surface area contributed by atoms with E-state index in [0.29, 0.717) is 6.04 Å². The summed E-state index contributed by atoms with van der Waals surface area (Å²) in [5.41, 5.74) is 3.88. The molecule has 1 heterocycles. The maximum Gasteiger partial charge on any atom is 0.191 e. The topological polar surface area (TPSA) is 42.9 Å². The van der Waals surface area contributed by atoms with Crippen LogP contribution in [0.4, 0.5) is 5.69 Å². The highest BCUT2D eigenvalue weighted by Gasteiger charge is 2.10. The Morgan fingerprint density at radius 2 is 1.68 bits per heavy atom. The second-order valence-electron chi connectivity index (χ2n) is 7.93. The quantitative estimate of drug-likeness (QED) is 0.219. The summed E-state index contributed by atoms with van der Waals surface area (Å²) in [7, 11) is 4.01. The zero-order valence-corrected chi connectivity index (χ0v) is 21.3. The standard InChI is InChI=1S/C25H35N5.HI/c1-21(29(3)20-23-9-5-4-6-10-23)15-16-27-25(26-2)28-19-22-11-13-24(14-12-22)30-17-7-8-18-30;/h4-14,21H,15-20H2,1-3H3,(H2,26,27,28);1H. The monoisotopic (exact) mass is 533 g/mol. The minimum atomic E-state index is 0. The summed E-state index contributed by atoms with van der Waals surface area (Å²) in [5, 5.41) is 6.86. The maximum absolute atomic E-state index is 4.36. The molecule has 0 bridgehead atoms. The van der Waals surface area contributed by atoms with Crippen molar-refractivity contribution in [2.24, 2.45) is 4.99 Å². The zero-order valence-electron chi connectivity index (χ0n) is 18.9. The van der Waals surface area contributed by atoms with Crippen molar-refractivity contribution < 1.29 is 0 Å². The minimum absolute atomic E-state index is 0. The molecule has 1 unspecified atom stereocenters. The summed E-state index contributed by atoms with van der Waals surface area (Å²) in [5.74, 6) is 0.848. The van der Waals surface area contributed by atoms with E-state index >= 15 is 0 Å². The predicted octanol–water partition coefficient (Wildman–Crippen LogP) is 4.26. The summed E-state index contributed by atoms with van der Waals surface area (Å²) in [4.78, 5) is 9.11. The van der Waals surface area contributed by atoms with Gasteiger partial charge in [0.2, 0.25) is 0 Å². The molecule has 1 aliphatic rings. The Hall–Kier alpha value is -2.06. The third-order valence-corrected chi connectivity index (χ3v) is 5.69. The molecule has 31 heavy (non-hydrogen) atoms. The molecule has 5 nitrogen and oxygen atoms in total. The fraction of sp³-hybridized carbons (Fsp3) is 0.400. The first-order chi connectivity index (χ1) is 14.7. The second kappa shape index (κ2) is 13.4. The van der Waals surface area contributed by atoms with E-state index in [2.05, 4.69) is 106 Å². The van der Waals surface area contributed by atoms with Crippen LogP contribution in [0.2, 0.25) is 0 Å². The van der Waals surface area contributed by atoms with Crippen molar-refractivity contribution in [2.75, 3.05) is 38.6 Å². The lowest BCUT2D eigenvalue weighted by molar-refractivity contribution is 0.238. The summed E-state index contributed by atoms with van der Waals surface area (Å²) in [6.07, 6.45) is 5.49. The molecule has 2 N–H and O–H groups in total. The fourth-order valence-electron chi connectivity index (χ4n) is 3.57. The van der Waals surface area contributed by atoms with Crippen molar-refractivity contribution in [2.45, 2.75) is 32.5 Å². The van der Waals surface area contributed by atoms with Gasteiger partial charge in [-0.2, -0.15) is 0 Å². The Bertz CT molecular complexity index is 812. The van der Waals surface area contributed by atoms with E-state index < -0.39 is 0 Å². The van der Waals surface area contributed by atoms with E-state index in [0.717, 1.165) is 45.1 Å². The van der Waals surface area contributed by atoms with Gasteiger partial charge in [-0.05, 0) is 43.7 Å². The van der Waals surface area contributed by atoms with Crippen LogP contribution in [0.15, 0.2) is 71.7 Å². The van der Waals surface area contributed by atoms with Crippen LogP contribution in [0.3, 0.4) is 0 Å². The lowest BCUT2D eigenvalue weighted by Gasteiger charge is -2.25. The highest BCUT2D eigenvalue weighted by Crippen LogP contribution is 2.17.